The van der Waals surface area contributed by atoms with E-state index in [1.54, 1.807) is 36.4 Å². The van der Waals surface area contributed by atoms with Gasteiger partial charge in [0.15, 0.2) is 9.84 Å². The van der Waals surface area contributed by atoms with E-state index in [1.807, 2.05) is 26.0 Å². The van der Waals surface area contributed by atoms with Crippen LogP contribution in [0.2, 0.25) is 5.02 Å². The van der Waals surface area contributed by atoms with Gasteiger partial charge in [-0.25, -0.2) is 8.42 Å². The maximum absolute atomic E-state index is 12.6. The zero-order valence-corrected chi connectivity index (χ0v) is 17.3. The standard InChI is InChI=1S/C19H22ClNO3S2/c1-4-18(25-16-9-7-15(20)8-10-16)19(22)21-13(2)14-5-11-17(12-6-14)26(3,23)24/h5-13,18H,4H2,1-3H3,(H,21,22). The van der Waals surface area contributed by atoms with Crippen LogP contribution in [-0.2, 0) is 14.6 Å². The molecule has 0 aromatic heterocycles. The van der Waals surface area contributed by atoms with E-state index < -0.39 is 9.84 Å². The number of hydrogen-bond acceptors (Lipinski definition) is 4. The molecule has 0 heterocycles. The van der Waals surface area contributed by atoms with Crippen molar-refractivity contribution in [3.63, 3.8) is 0 Å². The molecule has 2 atom stereocenters. The van der Waals surface area contributed by atoms with Crippen LogP contribution in [0.3, 0.4) is 0 Å². The molecule has 1 N–H and O–H groups in total. The predicted octanol–water partition coefficient (Wildman–Crippen LogP) is 4.49. The molecule has 26 heavy (non-hydrogen) atoms. The molecule has 0 radical (unpaired) electrons. The molecule has 0 bridgehead atoms. The van der Waals surface area contributed by atoms with Crippen molar-refractivity contribution in [1.82, 2.24) is 5.32 Å². The average molecular weight is 412 g/mol. The highest BCUT2D eigenvalue weighted by Gasteiger charge is 2.20. The van der Waals surface area contributed by atoms with Crippen LogP contribution < -0.4 is 5.32 Å². The van der Waals surface area contributed by atoms with Gasteiger partial charge in [-0.1, -0.05) is 30.7 Å². The summed E-state index contributed by atoms with van der Waals surface area (Å²) in [6.45, 7) is 3.85. The molecular weight excluding hydrogens is 390 g/mol. The molecule has 0 spiro atoms. The Morgan fingerprint density at radius 2 is 1.69 bits per heavy atom. The third kappa shape index (κ3) is 5.76. The van der Waals surface area contributed by atoms with Crippen molar-refractivity contribution in [2.45, 2.75) is 41.4 Å². The van der Waals surface area contributed by atoms with E-state index in [0.717, 1.165) is 10.5 Å². The second kappa shape index (κ2) is 8.93. The Morgan fingerprint density at radius 3 is 2.19 bits per heavy atom. The highest BCUT2D eigenvalue weighted by atomic mass is 35.5. The highest BCUT2D eigenvalue weighted by Crippen LogP contribution is 2.27. The molecule has 2 unspecified atom stereocenters. The lowest BCUT2D eigenvalue weighted by Crippen LogP contribution is -2.34. The summed E-state index contributed by atoms with van der Waals surface area (Å²) in [6.07, 6.45) is 1.87. The molecule has 0 saturated heterocycles. The van der Waals surface area contributed by atoms with Crippen molar-refractivity contribution >= 4 is 39.1 Å². The molecule has 0 saturated carbocycles. The van der Waals surface area contributed by atoms with Crippen LogP contribution in [0.4, 0.5) is 0 Å². The molecule has 2 aromatic rings. The zero-order chi connectivity index (χ0) is 19.3. The number of carbonyl (C=O) groups is 1. The molecule has 1 amide bonds. The second-order valence-electron chi connectivity index (χ2n) is 6.04. The van der Waals surface area contributed by atoms with Gasteiger partial charge < -0.3 is 5.32 Å². The van der Waals surface area contributed by atoms with Crippen molar-refractivity contribution in [3.05, 3.63) is 59.1 Å². The van der Waals surface area contributed by atoms with E-state index in [-0.39, 0.29) is 22.1 Å². The highest BCUT2D eigenvalue weighted by molar-refractivity contribution is 8.00. The van der Waals surface area contributed by atoms with Crippen molar-refractivity contribution in [3.8, 4) is 0 Å². The van der Waals surface area contributed by atoms with Gasteiger partial charge in [0.05, 0.1) is 16.2 Å². The molecule has 0 fully saturated rings. The number of thioether (sulfide) groups is 1. The average Bonchev–Trinajstić information content (AvgIpc) is 2.60. The Kier molecular flexibility index (Phi) is 7.15. The number of benzene rings is 2. The molecule has 0 aliphatic heterocycles. The van der Waals surface area contributed by atoms with Gasteiger partial charge in [0.1, 0.15) is 0 Å². The van der Waals surface area contributed by atoms with Gasteiger partial charge in [-0.2, -0.15) is 0 Å². The normalized spacial score (nSPS) is 13.8. The van der Waals surface area contributed by atoms with Crippen LogP contribution in [0.15, 0.2) is 58.3 Å². The maximum atomic E-state index is 12.6. The molecule has 0 aliphatic carbocycles. The monoisotopic (exact) mass is 411 g/mol. The third-order valence-corrected chi connectivity index (χ3v) is 6.68. The van der Waals surface area contributed by atoms with Gasteiger partial charge in [-0.3, -0.25) is 4.79 Å². The fourth-order valence-corrected chi connectivity index (χ4v) is 4.11. The molecule has 2 rings (SSSR count). The molecule has 140 valence electrons. The Labute approximate surface area is 164 Å². The molecule has 2 aromatic carbocycles. The van der Waals surface area contributed by atoms with Gasteiger partial charge in [-0.15, -0.1) is 11.8 Å². The topological polar surface area (TPSA) is 63.2 Å². The number of rotatable bonds is 7. The van der Waals surface area contributed by atoms with E-state index in [1.165, 1.54) is 18.0 Å². The Morgan fingerprint density at radius 1 is 1.12 bits per heavy atom. The third-order valence-electron chi connectivity index (χ3n) is 3.92. The van der Waals surface area contributed by atoms with Crippen molar-refractivity contribution < 1.29 is 13.2 Å². The summed E-state index contributed by atoms with van der Waals surface area (Å²) in [5.41, 5.74) is 0.858. The first kappa shape index (κ1) is 20.8. The summed E-state index contributed by atoms with van der Waals surface area (Å²) in [7, 11) is -3.22. The van der Waals surface area contributed by atoms with Crippen molar-refractivity contribution in [1.29, 1.82) is 0 Å². The van der Waals surface area contributed by atoms with Crippen LogP contribution in [0.5, 0.6) is 0 Å². The zero-order valence-electron chi connectivity index (χ0n) is 14.9. The SMILES string of the molecule is CCC(Sc1ccc(Cl)cc1)C(=O)NC(C)c1ccc(S(C)(=O)=O)cc1. The molecule has 7 heteroatoms. The number of carbonyl (C=O) groups excluding carboxylic acids is 1. The van der Waals surface area contributed by atoms with Crippen LogP contribution in [0.1, 0.15) is 31.9 Å². The largest absolute Gasteiger partial charge is 0.349 e. The summed E-state index contributed by atoms with van der Waals surface area (Å²) in [5.74, 6) is -0.0489. The second-order valence-corrected chi connectivity index (χ2v) is 9.77. The van der Waals surface area contributed by atoms with Gasteiger partial charge in [0.2, 0.25) is 5.91 Å². The Balaban J connectivity index is 2.03. The minimum absolute atomic E-state index is 0.0489. The number of nitrogens with one attached hydrogen (secondary N) is 1. The van der Waals surface area contributed by atoms with Crippen LogP contribution in [-0.4, -0.2) is 25.8 Å². The van der Waals surface area contributed by atoms with Gasteiger partial charge in [0, 0.05) is 16.2 Å². The first-order valence-corrected chi connectivity index (χ1v) is 11.4. The quantitative estimate of drug-likeness (QED) is 0.681. The number of hydrogen-bond donors (Lipinski definition) is 1. The predicted molar refractivity (Wildman–Crippen MR) is 107 cm³/mol. The lowest BCUT2D eigenvalue weighted by Gasteiger charge is -2.19. The molecular formula is C19H22ClNO3S2. The first-order valence-electron chi connectivity index (χ1n) is 8.23. The summed E-state index contributed by atoms with van der Waals surface area (Å²) in [4.78, 5) is 13.9. The molecule has 0 aliphatic rings. The van der Waals surface area contributed by atoms with Gasteiger partial charge >= 0.3 is 0 Å². The van der Waals surface area contributed by atoms with Gasteiger partial charge in [0.25, 0.3) is 0 Å². The van der Waals surface area contributed by atoms with Crippen LogP contribution >= 0.6 is 23.4 Å². The maximum Gasteiger partial charge on any atom is 0.233 e. The first-order chi connectivity index (χ1) is 12.2. The van der Waals surface area contributed by atoms with Gasteiger partial charge in [-0.05, 0) is 55.3 Å². The van der Waals surface area contributed by atoms with E-state index in [2.05, 4.69) is 5.32 Å². The number of sulfone groups is 1. The minimum Gasteiger partial charge on any atom is -0.349 e. The van der Waals surface area contributed by atoms with Crippen molar-refractivity contribution in [2.24, 2.45) is 0 Å². The number of amides is 1. The Hall–Kier alpha value is -1.50. The fourth-order valence-electron chi connectivity index (χ4n) is 2.39. The van der Waals surface area contributed by atoms with Crippen molar-refractivity contribution in [2.75, 3.05) is 6.26 Å². The van der Waals surface area contributed by atoms with E-state index in [4.69, 9.17) is 11.6 Å². The summed E-state index contributed by atoms with van der Waals surface area (Å²) in [5, 5.41) is 3.45. The fraction of sp³-hybridized carbons (Fsp3) is 0.316. The minimum atomic E-state index is -3.22. The number of halogens is 1. The Bertz CT molecular complexity index is 849. The lowest BCUT2D eigenvalue weighted by molar-refractivity contribution is -0.121. The lowest BCUT2D eigenvalue weighted by atomic mass is 10.1. The van der Waals surface area contributed by atoms with E-state index in [0.29, 0.717) is 11.4 Å². The summed E-state index contributed by atoms with van der Waals surface area (Å²) < 4.78 is 23.1. The van der Waals surface area contributed by atoms with E-state index in [9.17, 15) is 13.2 Å². The summed E-state index contributed by atoms with van der Waals surface area (Å²) in [6, 6.07) is 13.8. The van der Waals surface area contributed by atoms with Crippen LogP contribution in [0.25, 0.3) is 0 Å². The summed E-state index contributed by atoms with van der Waals surface area (Å²) >= 11 is 7.39. The van der Waals surface area contributed by atoms with E-state index >= 15 is 0 Å². The van der Waals surface area contributed by atoms with Crippen LogP contribution in [0, 0.1) is 0 Å². The molecule has 4 nitrogen and oxygen atoms in total. The smallest absolute Gasteiger partial charge is 0.233 e.